The first-order chi connectivity index (χ1) is 8.50. The van der Waals surface area contributed by atoms with Crippen LogP contribution in [-0.4, -0.2) is 44.7 Å². The third kappa shape index (κ3) is 2.26. The highest BCUT2D eigenvalue weighted by Crippen LogP contribution is 2.26. The molecule has 1 aliphatic rings. The fraction of sp³-hybridized carbons (Fsp3) is 0.273. The molecule has 0 saturated carbocycles. The summed E-state index contributed by atoms with van der Waals surface area (Å²) in [6.45, 7) is 0. The second-order valence-electron chi connectivity index (χ2n) is 3.79. The van der Waals surface area contributed by atoms with E-state index in [1.807, 2.05) is 0 Å². The maximum atomic E-state index is 13.0. The molecular weight excluding hydrogens is 261 g/mol. The lowest BCUT2D eigenvalue weighted by Crippen LogP contribution is -2.41. The lowest BCUT2D eigenvalue weighted by Gasteiger charge is -2.20. The number of phenols is 1. The Kier molecular flexibility index (Phi) is 3.42. The highest BCUT2D eigenvalue weighted by atomic mass is 32.2. The Balaban J connectivity index is 2.31. The third-order valence-corrected chi connectivity index (χ3v) is 3.63. The summed E-state index contributed by atoms with van der Waals surface area (Å²) in [5, 5.41) is 18.5. The minimum Gasteiger partial charge on any atom is -0.507 e. The monoisotopic (exact) mass is 271 g/mol. The van der Waals surface area contributed by atoms with Crippen molar-refractivity contribution in [2.75, 3.05) is 11.6 Å². The Morgan fingerprint density at radius 1 is 1.44 bits per heavy atom. The van der Waals surface area contributed by atoms with E-state index >= 15 is 0 Å². The van der Waals surface area contributed by atoms with Crippen molar-refractivity contribution >= 4 is 23.6 Å². The van der Waals surface area contributed by atoms with Crippen LogP contribution in [0, 0.1) is 5.82 Å². The predicted molar refractivity (Wildman–Crippen MR) is 63.0 cm³/mol. The average molecular weight is 271 g/mol. The molecule has 0 spiro atoms. The smallest absolute Gasteiger partial charge is 0.327 e. The Bertz CT molecular complexity index is 508. The van der Waals surface area contributed by atoms with Gasteiger partial charge < -0.3 is 15.1 Å². The van der Waals surface area contributed by atoms with Gasteiger partial charge in [-0.3, -0.25) is 4.79 Å². The highest BCUT2D eigenvalue weighted by molar-refractivity contribution is 7.99. The van der Waals surface area contributed by atoms with Crippen molar-refractivity contribution in [3.05, 3.63) is 29.6 Å². The number of phenolic OH excluding ortho intramolecular Hbond substituents is 1. The number of nitrogens with zero attached hydrogens (tertiary/aromatic N) is 1. The summed E-state index contributed by atoms with van der Waals surface area (Å²) in [6.07, 6.45) is 0. The van der Waals surface area contributed by atoms with Crippen LogP contribution in [0.5, 0.6) is 5.75 Å². The normalized spacial score (nSPS) is 18.9. The summed E-state index contributed by atoms with van der Waals surface area (Å²) in [5.41, 5.74) is -0.219. The Morgan fingerprint density at radius 3 is 2.83 bits per heavy atom. The minimum absolute atomic E-state index is 0.214. The second kappa shape index (κ2) is 4.85. The number of benzene rings is 1. The highest BCUT2D eigenvalue weighted by Gasteiger charge is 2.35. The van der Waals surface area contributed by atoms with Crippen molar-refractivity contribution in [3.8, 4) is 5.75 Å². The van der Waals surface area contributed by atoms with Crippen LogP contribution in [-0.2, 0) is 4.79 Å². The quantitative estimate of drug-likeness (QED) is 0.843. The summed E-state index contributed by atoms with van der Waals surface area (Å²) in [4.78, 5) is 24.1. The van der Waals surface area contributed by atoms with Crippen molar-refractivity contribution in [3.63, 3.8) is 0 Å². The molecule has 1 aliphatic heterocycles. The maximum absolute atomic E-state index is 13.0. The molecule has 1 saturated heterocycles. The molecule has 0 aromatic heterocycles. The van der Waals surface area contributed by atoms with Gasteiger partial charge in [-0.2, -0.15) is 0 Å². The number of thioether (sulfide) groups is 1. The van der Waals surface area contributed by atoms with Crippen molar-refractivity contribution in [1.82, 2.24) is 4.90 Å². The molecule has 0 aliphatic carbocycles. The molecule has 96 valence electrons. The van der Waals surface area contributed by atoms with Crippen molar-refractivity contribution in [1.29, 1.82) is 0 Å². The van der Waals surface area contributed by atoms with Crippen molar-refractivity contribution in [2.45, 2.75) is 6.04 Å². The zero-order valence-corrected chi connectivity index (χ0v) is 9.98. The zero-order chi connectivity index (χ0) is 13.3. The number of hydrogen-bond donors (Lipinski definition) is 2. The summed E-state index contributed by atoms with van der Waals surface area (Å²) >= 11 is 1.30. The van der Waals surface area contributed by atoms with Gasteiger partial charge in [-0.1, -0.05) is 0 Å². The van der Waals surface area contributed by atoms with Gasteiger partial charge in [-0.25, -0.2) is 9.18 Å². The van der Waals surface area contributed by atoms with Crippen molar-refractivity contribution < 1.29 is 24.2 Å². The summed E-state index contributed by atoms with van der Waals surface area (Å²) < 4.78 is 13.0. The van der Waals surface area contributed by atoms with Gasteiger partial charge in [0.25, 0.3) is 5.91 Å². The number of amides is 1. The van der Waals surface area contributed by atoms with Crippen LogP contribution in [0.1, 0.15) is 10.4 Å². The van der Waals surface area contributed by atoms with E-state index < -0.39 is 23.7 Å². The van der Waals surface area contributed by atoms with Gasteiger partial charge in [0.05, 0.1) is 11.4 Å². The molecule has 1 amide bonds. The number of carbonyl (C=O) groups excluding carboxylic acids is 1. The van der Waals surface area contributed by atoms with Gasteiger partial charge in [0.1, 0.15) is 17.6 Å². The van der Waals surface area contributed by atoms with Crippen LogP contribution in [0.2, 0.25) is 0 Å². The topological polar surface area (TPSA) is 77.8 Å². The van der Waals surface area contributed by atoms with E-state index in [1.165, 1.54) is 11.8 Å². The molecule has 2 rings (SSSR count). The lowest BCUT2D eigenvalue weighted by molar-refractivity contribution is -0.140. The summed E-state index contributed by atoms with van der Waals surface area (Å²) in [5.74, 6) is -2.30. The first-order valence-corrected chi connectivity index (χ1v) is 6.26. The SMILES string of the molecule is O=C(O)[C@@H]1CSCN1C(=O)c1cc(F)ccc1O. The molecule has 7 heteroatoms. The molecule has 1 fully saturated rings. The summed E-state index contributed by atoms with van der Waals surface area (Å²) in [6, 6.07) is 2.06. The molecule has 1 atom stereocenters. The zero-order valence-electron chi connectivity index (χ0n) is 9.17. The number of halogens is 1. The maximum Gasteiger partial charge on any atom is 0.327 e. The van der Waals surface area contributed by atoms with Gasteiger partial charge >= 0.3 is 5.97 Å². The molecule has 2 N–H and O–H groups in total. The van der Waals surface area contributed by atoms with Crippen LogP contribution < -0.4 is 0 Å². The fourth-order valence-corrected chi connectivity index (χ4v) is 2.83. The van der Waals surface area contributed by atoms with Crippen LogP contribution >= 0.6 is 11.8 Å². The standard InChI is InChI=1S/C11H10FNO4S/c12-6-1-2-9(14)7(3-6)10(15)13-5-18-4-8(13)11(16)17/h1-3,8,14H,4-5H2,(H,16,17)/t8-/m0/s1. The van der Waals surface area contributed by atoms with E-state index in [0.29, 0.717) is 0 Å². The minimum atomic E-state index is -1.11. The lowest BCUT2D eigenvalue weighted by atomic mass is 10.1. The van der Waals surface area contributed by atoms with Gasteiger partial charge in [-0.15, -0.1) is 11.8 Å². The number of aliphatic carboxylic acids is 1. The number of aromatic hydroxyl groups is 1. The van der Waals surface area contributed by atoms with E-state index in [-0.39, 0.29) is 22.9 Å². The average Bonchev–Trinajstić information content (AvgIpc) is 2.80. The van der Waals surface area contributed by atoms with Gasteiger partial charge in [0.2, 0.25) is 0 Å². The first-order valence-electron chi connectivity index (χ1n) is 5.10. The van der Waals surface area contributed by atoms with Crippen LogP contribution in [0.25, 0.3) is 0 Å². The second-order valence-corrected chi connectivity index (χ2v) is 4.79. The molecule has 0 unspecified atom stereocenters. The number of hydrogen-bond acceptors (Lipinski definition) is 4. The van der Waals surface area contributed by atoms with Gasteiger partial charge in [0, 0.05) is 5.75 Å². The molecule has 1 aromatic carbocycles. The largest absolute Gasteiger partial charge is 0.507 e. The van der Waals surface area contributed by atoms with E-state index in [1.54, 1.807) is 0 Å². The molecule has 18 heavy (non-hydrogen) atoms. The first kappa shape index (κ1) is 12.7. The molecule has 1 aromatic rings. The number of carbonyl (C=O) groups is 2. The van der Waals surface area contributed by atoms with Crippen LogP contribution in [0.3, 0.4) is 0 Å². The van der Waals surface area contributed by atoms with E-state index in [4.69, 9.17) is 5.11 Å². The number of rotatable bonds is 2. The molecule has 5 nitrogen and oxygen atoms in total. The van der Waals surface area contributed by atoms with Crippen LogP contribution in [0.15, 0.2) is 18.2 Å². The molecule has 1 heterocycles. The molecule has 0 bridgehead atoms. The number of carboxylic acid groups (broad SMARTS) is 1. The van der Waals surface area contributed by atoms with Crippen LogP contribution in [0.4, 0.5) is 4.39 Å². The third-order valence-electron chi connectivity index (χ3n) is 2.62. The fourth-order valence-electron chi connectivity index (χ4n) is 1.68. The Morgan fingerprint density at radius 2 is 2.17 bits per heavy atom. The van der Waals surface area contributed by atoms with Gasteiger partial charge in [-0.05, 0) is 18.2 Å². The predicted octanol–water partition coefficient (Wildman–Crippen LogP) is 1.13. The van der Waals surface area contributed by atoms with E-state index in [0.717, 1.165) is 23.1 Å². The van der Waals surface area contributed by atoms with Gasteiger partial charge in [0.15, 0.2) is 0 Å². The number of carboxylic acids is 1. The Hall–Kier alpha value is -1.76. The molecular formula is C11H10FNO4S. The van der Waals surface area contributed by atoms with E-state index in [9.17, 15) is 19.1 Å². The Labute approximate surface area is 106 Å². The summed E-state index contributed by atoms with van der Waals surface area (Å²) in [7, 11) is 0. The van der Waals surface area contributed by atoms with Crippen molar-refractivity contribution in [2.24, 2.45) is 0 Å². The molecule has 0 radical (unpaired) electrons. The van der Waals surface area contributed by atoms with E-state index in [2.05, 4.69) is 0 Å².